The first-order valence-corrected chi connectivity index (χ1v) is 9.74. The lowest BCUT2D eigenvalue weighted by atomic mass is 9.95. The van der Waals surface area contributed by atoms with Crippen LogP contribution in [0, 0.1) is 0 Å². The van der Waals surface area contributed by atoms with Crippen LogP contribution in [0.4, 0.5) is 19.4 Å². The largest absolute Gasteiger partial charge is 0.444 e. The van der Waals surface area contributed by atoms with Crippen LogP contribution in [0.15, 0.2) is 6.07 Å². The summed E-state index contributed by atoms with van der Waals surface area (Å²) < 4.78 is 31.3. The van der Waals surface area contributed by atoms with Gasteiger partial charge in [0.2, 0.25) is 0 Å². The summed E-state index contributed by atoms with van der Waals surface area (Å²) in [6, 6.07) is 1.88. The van der Waals surface area contributed by atoms with E-state index in [4.69, 9.17) is 16.3 Å². The molecule has 3 heterocycles. The lowest BCUT2D eigenvalue weighted by molar-refractivity contribution is 0.00572. The number of nitrogens with zero attached hydrogens (tertiary/aromatic N) is 5. The lowest BCUT2D eigenvalue weighted by Crippen LogP contribution is -2.68. The van der Waals surface area contributed by atoms with Crippen molar-refractivity contribution in [3.8, 4) is 0 Å². The van der Waals surface area contributed by atoms with Crippen molar-refractivity contribution in [1.82, 2.24) is 19.8 Å². The van der Waals surface area contributed by atoms with Gasteiger partial charge in [0.15, 0.2) is 5.82 Å². The minimum absolute atomic E-state index is 0.0157. The molecule has 3 rings (SSSR count). The predicted molar refractivity (Wildman–Crippen MR) is 102 cm³/mol. The number of hydrogen-bond donors (Lipinski definition) is 0. The van der Waals surface area contributed by atoms with Gasteiger partial charge in [-0.3, -0.25) is 4.90 Å². The zero-order valence-corrected chi connectivity index (χ0v) is 17.3. The molecular formula is C18H26ClF2N5O2. The van der Waals surface area contributed by atoms with Crippen molar-refractivity contribution in [1.29, 1.82) is 0 Å². The number of alkyl halides is 2. The molecule has 10 heteroatoms. The number of hydrogen-bond acceptors (Lipinski definition) is 6. The van der Waals surface area contributed by atoms with Gasteiger partial charge < -0.3 is 14.5 Å². The van der Waals surface area contributed by atoms with Gasteiger partial charge in [0, 0.05) is 50.9 Å². The number of carbonyl (C=O) groups is 1. The number of rotatable bonds is 3. The molecule has 0 radical (unpaired) electrons. The molecule has 1 amide bonds. The third-order valence-electron chi connectivity index (χ3n) is 5.06. The zero-order chi connectivity index (χ0) is 20.6. The summed E-state index contributed by atoms with van der Waals surface area (Å²) in [5.74, 6) is -0.129. The molecular weight excluding hydrogens is 392 g/mol. The van der Waals surface area contributed by atoms with E-state index in [1.54, 1.807) is 4.90 Å². The van der Waals surface area contributed by atoms with Crippen LogP contribution in [0.1, 0.15) is 39.9 Å². The SMILES string of the molecule is C[C@@H]1[C@H](N2CCN(C(=O)OC(C)(C)C)CC2)CN1c1cc(Cl)nc(C(F)F)n1. The summed E-state index contributed by atoms with van der Waals surface area (Å²) in [6.07, 6.45) is -3.05. The van der Waals surface area contributed by atoms with E-state index in [0.29, 0.717) is 25.5 Å². The van der Waals surface area contributed by atoms with Crippen LogP contribution in [0.3, 0.4) is 0 Å². The Morgan fingerprint density at radius 2 is 1.89 bits per heavy atom. The molecule has 0 N–H and O–H groups in total. The van der Waals surface area contributed by atoms with Crippen molar-refractivity contribution >= 4 is 23.5 Å². The number of aromatic nitrogens is 2. The molecule has 2 aliphatic rings. The number of ether oxygens (including phenoxy) is 1. The Balaban J connectivity index is 1.56. The number of piperazine rings is 1. The first kappa shape index (κ1) is 21.0. The maximum absolute atomic E-state index is 12.9. The molecule has 1 aromatic rings. The van der Waals surface area contributed by atoms with Gasteiger partial charge in [0.25, 0.3) is 6.43 Å². The molecule has 1 aromatic heterocycles. The number of amides is 1. The van der Waals surface area contributed by atoms with Gasteiger partial charge in [-0.1, -0.05) is 11.6 Å². The molecule has 156 valence electrons. The maximum atomic E-state index is 12.9. The highest BCUT2D eigenvalue weighted by Crippen LogP contribution is 2.31. The average molecular weight is 418 g/mol. The van der Waals surface area contributed by atoms with E-state index < -0.39 is 17.9 Å². The fourth-order valence-electron chi connectivity index (χ4n) is 3.54. The van der Waals surface area contributed by atoms with Crippen LogP contribution in [0.5, 0.6) is 0 Å². The lowest BCUT2D eigenvalue weighted by Gasteiger charge is -2.53. The monoisotopic (exact) mass is 417 g/mol. The van der Waals surface area contributed by atoms with E-state index in [1.165, 1.54) is 6.07 Å². The molecule has 2 atom stereocenters. The summed E-state index contributed by atoms with van der Waals surface area (Å²) >= 11 is 5.87. The minimum Gasteiger partial charge on any atom is -0.444 e. The van der Waals surface area contributed by atoms with Crippen LogP contribution in [0.2, 0.25) is 5.15 Å². The predicted octanol–water partition coefficient (Wildman–Crippen LogP) is 3.20. The van der Waals surface area contributed by atoms with Crippen LogP contribution in [-0.4, -0.2) is 76.3 Å². The molecule has 0 aromatic carbocycles. The molecule has 0 aliphatic carbocycles. The Bertz CT molecular complexity index is 722. The molecule has 0 saturated carbocycles. The van der Waals surface area contributed by atoms with Gasteiger partial charge in [-0.25, -0.2) is 23.5 Å². The first-order chi connectivity index (χ1) is 13.0. The molecule has 0 spiro atoms. The fraction of sp³-hybridized carbons (Fsp3) is 0.722. The number of anilines is 1. The molecule has 7 nitrogen and oxygen atoms in total. The molecule has 0 unspecified atom stereocenters. The van der Waals surface area contributed by atoms with E-state index in [1.807, 2.05) is 32.6 Å². The third kappa shape index (κ3) is 4.63. The Kier molecular flexibility index (Phi) is 5.95. The Labute approximate surface area is 168 Å². The van der Waals surface area contributed by atoms with Crippen LogP contribution in [-0.2, 0) is 4.74 Å². The van der Waals surface area contributed by atoms with Gasteiger partial charge in [-0.05, 0) is 27.7 Å². The second kappa shape index (κ2) is 7.94. The molecule has 0 bridgehead atoms. The number of carbonyl (C=O) groups excluding carboxylic acids is 1. The van der Waals surface area contributed by atoms with Gasteiger partial charge in [0.1, 0.15) is 16.6 Å². The van der Waals surface area contributed by atoms with E-state index >= 15 is 0 Å². The van der Waals surface area contributed by atoms with Gasteiger partial charge in [0.05, 0.1) is 0 Å². The van der Waals surface area contributed by atoms with Crippen molar-refractivity contribution in [2.24, 2.45) is 0 Å². The fourth-order valence-corrected chi connectivity index (χ4v) is 3.73. The number of halogens is 3. The Morgan fingerprint density at radius 1 is 1.25 bits per heavy atom. The summed E-state index contributed by atoms with van der Waals surface area (Å²) in [4.78, 5) is 25.7. The normalized spacial score (nSPS) is 23.7. The second-order valence-corrected chi connectivity index (χ2v) is 8.56. The minimum atomic E-state index is -2.76. The van der Waals surface area contributed by atoms with Gasteiger partial charge >= 0.3 is 6.09 Å². The third-order valence-corrected chi connectivity index (χ3v) is 5.25. The molecule has 2 aliphatic heterocycles. The second-order valence-electron chi connectivity index (χ2n) is 8.17. The van der Waals surface area contributed by atoms with Crippen molar-refractivity contribution in [3.63, 3.8) is 0 Å². The van der Waals surface area contributed by atoms with E-state index in [0.717, 1.165) is 13.1 Å². The summed E-state index contributed by atoms with van der Waals surface area (Å²) in [5.41, 5.74) is -0.507. The summed E-state index contributed by atoms with van der Waals surface area (Å²) in [5, 5.41) is 0.0157. The van der Waals surface area contributed by atoms with E-state index in [9.17, 15) is 13.6 Å². The summed E-state index contributed by atoms with van der Waals surface area (Å²) in [7, 11) is 0. The molecule has 2 saturated heterocycles. The molecule has 2 fully saturated rings. The zero-order valence-electron chi connectivity index (χ0n) is 16.5. The van der Waals surface area contributed by atoms with Crippen molar-refractivity contribution in [2.45, 2.75) is 51.8 Å². The average Bonchev–Trinajstić information content (AvgIpc) is 2.59. The highest BCUT2D eigenvalue weighted by molar-refractivity contribution is 6.29. The first-order valence-electron chi connectivity index (χ1n) is 9.36. The van der Waals surface area contributed by atoms with Crippen LogP contribution < -0.4 is 4.90 Å². The quantitative estimate of drug-likeness (QED) is 0.704. The summed E-state index contributed by atoms with van der Waals surface area (Å²) in [6.45, 7) is 11.0. The van der Waals surface area contributed by atoms with Crippen molar-refractivity contribution in [2.75, 3.05) is 37.6 Å². The maximum Gasteiger partial charge on any atom is 0.410 e. The van der Waals surface area contributed by atoms with E-state index in [-0.39, 0.29) is 23.3 Å². The van der Waals surface area contributed by atoms with E-state index in [2.05, 4.69) is 14.9 Å². The van der Waals surface area contributed by atoms with Crippen LogP contribution >= 0.6 is 11.6 Å². The highest BCUT2D eigenvalue weighted by Gasteiger charge is 2.42. The topological polar surface area (TPSA) is 61.8 Å². The van der Waals surface area contributed by atoms with Crippen molar-refractivity contribution < 1.29 is 18.3 Å². The molecule has 28 heavy (non-hydrogen) atoms. The van der Waals surface area contributed by atoms with Gasteiger partial charge in [-0.2, -0.15) is 0 Å². The Morgan fingerprint density at radius 3 is 2.43 bits per heavy atom. The standard InChI is InChI=1S/C18H26ClF2N5O2/c1-11-12(10-26(11)14-9-13(19)22-16(23-14)15(20)21)24-5-7-25(8-6-24)17(27)28-18(2,3)4/h9,11-12,15H,5-8,10H2,1-4H3/t11-,12-/m1/s1. The van der Waals surface area contributed by atoms with Gasteiger partial charge in [-0.15, -0.1) is 0 Å². The van der Waals surface area contributed by atoms with Crippen molar-refractivity contribution in [3.05, 3.63) is 17.0 Å². The van der Waals surface area contributed by atoms with Crippen LogP contribution in [0.25, 0.3) is 0 Å². The smallest absolute Gasteiger partial charge is 0.410 e. The Hall–Kier alpha value is -1.74. The highest BCUT2D eigenvalue weighted by atomic mass is 35.5.